The molecule has 33 heavy (non-hydrogen) atoms. The van der Waals surface area contributed by atoms with Crippen LogP contribution in [-0.2, 0) is 10.0 Å². The molecule has 176 valence electrons. The van der Waals surface area contributed by atoms with Crippen LogP contribution >= 0.6 is 11.6 Å². The van der Waals surface area contributed by atoms with Crippen LogP contribution in [0.15, 0.2) is 41.3 Å². The first-order valence-electron chi connectivity index (χ1n) is 11.5. The number of hydrogen-bond acceptors (Lipinski definition) is 5. The summed E-state index contributed by atoms with van der Waals surface area (Å²) in [6.07, 6.45) is 4.39. The van der Waals surface area contributed by atoms with E-state index in [0.717, 1.165) is 37.7 Å². The van der Waals surface area contributed by atoms with Gasteiger partial charge in [0.1, 0.15) is 18.1 Å². The minimum absolute atomic E-state index is 0.00648. The molecule has 0 spiro atoms. The minimum Gasteiger partial charge on any atom is -0.486 e. The van der Waals surface area contributed by atoms with Crippen molar-refractivity contribution in [2.24, 2.45) is 0 Å². The van der Waals surface area contributed by atoms with Crippen LogP contribution in [0.5, 0.6) is 11.5 Å². The highest BCUT2D eigenvalue weighted by Crippen LogP contribution is 2.39. The number of rotatable bonds is 4. The number of likely N-dealkylation sites (tertiary alicyclic amines) is 1. The number of hydrogen-bond donors (Lipinski definition) is 0. The molecular weight excluding hydrogens is 464 g/mol. The fourth-order valence-corrected chi connectivity index (χ4v) is 6.89. The zero-order chi connectivity index (χ0) is 23.0. The maximum Gasteiger partial charge on any atom is 0.254 e. The van der Waals surface area contributed by atoms with E-state index in [1.165, 1.54) is 16.4 Å². The van der Waals surface area contributed by atoms with Crippen LogP contribution in [0.3, 0.4) is 0 Å². The molecular formula is C24H27ClN2O5S. The van der Waals surface area contributed by atoms with Crippen molar-refractivity contribution in [3.63, 3.8) is 0 Å². The second kappa shape index (κ2) is 9.16. The van der Waals surface area contributed by atoms with Gasteiger partial charge in [0.15, 0.2) is 11.5 Å². The summed E-state index contributed by atoms with van der Waals surface area (Å²) < 4.78 is 39.2. The third kappa shape index (κ3) is 4.32. The maximum absolute atomic E-state index is 13.5. The Balaban J connectivity index is 1.42. The number of carbonyl (C=O) groups is 1. The number of fused-ring (bicyclic) bond motifs is 1. The first-order chi connectivity index (χ1) is 15.9. The van der Waals surface area contributed by atoms with Crippen LogP contribution in [0.4, 0.5) is 0 Å². The Bertz CT molecular complexity index is 1160. The molecule has 3 aliphatic heterocycles. The smallest absolute Gasteiger partial charge is 0.254 e. The average molecular weight is 491 g/mol. The molecule has 3 aliphatic rings. The molecule has 2 aromatic rings. The predicted molar refractivity (Wildman–Crippen MR) is 125 cm³/mol. The summed E-state index contributed by atoms with van der Waals surface area (Å²) in [6, 6.07) is 10.3. The van der Waals surface area contributed by atoms with Gasteiger partial charge in [-0.25, -0.2) is 8.42 Å². The van der Waals surface area contributed by atoms with Crippen LogP contribution in [-0.4, -0.2) is 56.4 Å². The maximum atomic E-state index is 13.5. The molecule has 0 bridgehead atoms. The summed E-state index contributed by atoms with van der Waals surface area (Å²) in [5.41, 5.74) is 1.32. The number of amides is 1. The van der Waals surface area contributed by atoms with Gasteiger partial charge in [0, 0.05) is 25.2 Å². The van der Waals surface area contributed by atoms with Crippen molar-refractivity contribution in [3.8, 4) is 11.5 Å². The van der Waals surface area contributed by atoms with Gasteiger partial charge in [0.25, 0.3) is 5.91 Å². The molecule has 0 unspecified atom stereocenters. The summed E-state index contributed by atoms with van der Waals surface area (Å²) in [5.74, 6) is 1.21. The summed E-state index contributed by atoms with van der Waals surface area (Å²) in [7, 11) is -3.75. The van der Waals surface area contributed by atoms with Gasteiger partial charge in [0.2, 0.25) is 10.0 Å². The molecule has 1 atom stereocenters. The highest BCUT2D eigenvalue weighted by atomic mass is 35.5. The van der Waals surface area contributed by atoms with E-state index in [2.05, 4.69) is 0 Å². The molecule has 0 aliphatic carbocycles. The molecule has 0 aromatic heterocycles. The molecule has 5 rings (SSSR count). The standard InChI is InChI=1S/C24H27ClN2O5S/c25-19-8-6-18(16-23(19)33(29,30)26-10-2-1-3-11-26)24(28)27-12-4-5-20(27)17-7-9-21-22(15-17)32-14-13-31-21/h6-9,15-16,20H,1-5,10-14H2/t20-/m0/s1. The van der Waals surface area contributed by atoms with Gasteiger partial charge in [-0.3, -0.25) is 4.79 Å². The van der Waals surface area contributed by atoms with Crippen LogP contribution in [0.2, 0.25) is 5.02 Å². The van der Waals surface area contributed by atoms with E-state index >= 15 is 0 Å². The molecule has 3 heterocycles. The van der Waals surface area contributed by atoms with Gasteiger partial charge in [-0.2, -0.15) is 4.31 Å². The molecule has 7 nitrogen and oxygen atoms in total. The Hall–Kier alpha value is -2.29. The number of benzene rings is 2. The zero-order valence-corrected chi connectivity index (χ0v) is 19.9. The van der Waals surface area contributed by atoms with Crippen molar-refractivity contribution in [2.45, 2.75) is 43.0 Å². The quantitative estimate of drug-likeness (QED) is 0.640. The van der Waals surface area contributed by atoms with E-state index < -0.39 is 10.0 Å². The molecule has 2 saturated heterocycles. The van der Waals surface area contributed by atoms with Crippen molar-refractivity contribution in [1.82, 2.24) is 9.21 Å². The van der Waals surface area contributed by atoms with E-state index in [1.54, 1.807) is 6.07 Å². The van der Waals surface area contributed by atoms with Gasteiger partial charge in [0.05, 0.1) is 11.1 Å². The zero-order valence-electron chi connectivity index (χ0n) is 18.3. The van der Waals surface area contributed by atoms with Gasteiger partial charge in [-0.15, -0.1) is 0 Å². The third-order valence-corrected chi connectivity index (χ3v) is 8.96. The van der Waals surface area contributed by atoms with Crippen molar-refractivity contribution in [3.05, 3.63) is 52.5 Å². The highest BCUT2D eigenvalue weighted by molar-refractivity contribution is 7.89. The minimum atomic E-state index is -3.75. The lowest BCUT2D eigenvalue weighted by atomic mass is 10.0. The summed E-state index contributed by atoms with van der Waals surface area (Å²) in [6.45, 7) is 2.60. The van der Waals surface area contributed by atoms with Crippen LogP contribution in [0.1, 0.15) is 54.1 Å². The Morgan fingerprint density at radius 2 is 1.67 bits per heavy atom. The van der Waals surface area contributed by atoms with Crippen LogP contribution in [0, 0.1) is 0 Å². The lowest BCUT2D eigenvalue weighted by molar-refractivity contribution is 0.0735. The summed E-state index contributed by atoms with van der Waals surface area (Å²) >= 11 is 6.30. The van der Waals surface area contributed by atoms with Crippen molar-refractivity contribution in [1.29, 1.82) is 0 Å². The number of halogens is 1. The molecule has 2 aromatic carbocycles. The molecule has 2 fully saturated rings. The second-order valence-corrected chi connectivity index (χ2v) is 11.0. The highest BCUT2D eigenvalue weighted by Gasteiger charge is 2.33. The normalized spacial score (nSPS) is 21.2. The summed E-state index contributed by atoms with van der Waals surface area (Å²) in [4.78, 5) is 15.3. The number of nitrogens with zero attached hydrogens (tertiary/aromatic N) is 2. The fraction of sp³-hybridized carbons (Fsp3) is 0.458. The molecule has 1 amide bonds. The number of piperidine rings is 1. The third-order valence-electron chi connectivity index (χ3n) is 6.58. The lowest BCUT2D eigenvalue weighted by Gasteiger charge is -2.28. The first-order valence-corrected chi connectivity index (χ1v) is 13.3. The van der Waals surface area contributed by atoms with Gasteiger partial charge >= 0.3 is 0 Å². The van der Waals surface area contributed by atoms with Crippen molar-refractivity contribution >= 4 is 27.5 Å². The number of carbonyl (C=O) groups excluding carboxylic acids is 1. The molecule has 0 saturated carbocycles. The average Bonchev–Trinajstić information content (AvgIpc) is 3.34. The van der Waals surface area contributed by atoms with E-state index in [4.69, 9.17) is 21.1 Å². The Kier molecular flexibility index (Phi) is 6.24. The van der Waals surface area contributed by atoms with E-state index in [-0.39, 0.29) is 21.9 Å². The number of sulfonamides is 1. The molecule has 0 N–H and O–H groups in total. The Morgan fingerprint density at radius 3 is 2.45 bits per heavy atom. The van der Waals surface area contributed by atoms with Crippen LogP contribution in [0.25, 0.3) is 0 Å². The van der Waals surface area contributed by atoms with E-state index in [0.29, 0.717) is 49.9 Å². The van der Waals surface area contributed by atoms with Gasteiger partial charge in [-0.05, 0) is 61.6 Å². The van der Waals surface area contributed by atoms with Crippen LogP contribution < -0.4 is 9.47 Å². The first kappa shape index (κ1) is 22.5. The number of ether oxygens (including phenoxy) is 2. The van der Waals surface area contributed by atoms with Gasteiger partial charge in [-0.1, -0.05) is 24.1 Å². The van der Waals surface area contributed by atoms with Crippen molar-refractivity contribution in [2.75, 3.05) is 32.8 Å². The van der Waals surface area contributed by atoms with E-state index in [1.807, 2.05) is 23.1 Å². The largest absolute Gasteiger partial charge is 0.486 e. The van der Waals surface area contributed by atoms with Gasteiger partial charge < -0.3 is 14.4 Å². The SMILES string of the molecule is O=C(c1ccc(Cl)c(S(=O)(=O)N2CCCCC2)c1)N1CCC[C@H]1c1ccc2c(c1)OCCO2. The van der Waals surface area contributed by atoms with E-state index in [9.17, 15) is 13.2 Å². The lowest BCUT2D eigenvalue weighted by Crippen LogP contribution is -2.36. The predicted octanol–water partition coefficient (Wildman–Crippen LogP) is 4.26. The Labute approximate surface area is 199 Å². The summed E-state index contributed by atoms with van der Waals surface area (Å²) in [5, 5.41) is 0.141. The second-order valence-electron chi connectivity index (χ2n) is 8.67. The molecule has 0 radical (unpaired) electrons. The fourth-order valence-electron chi connectivity index (χ4n) is 4.87. The van der Waals surface area contributed by atoms with Crippen molar-refractivity contribution < 1.29 is 22.7 Å². The topological polar surface area (TPSA) is 76.2 Å². The Morgan fingerprint density at radius 1 is 0.909 bits per heavy atom. The monoisotopic (exact) mass is 490 g/mol. The molecule has 9 heteroatoms.